The quantitative estimate of drug-likeness (QED) is 0.776. The predicted molar refractivity (Wildman–Crippen MR) is 85.6 cm³/mol. The summed E-state index contributed by atoms with van der Waals surface area (Å²) in [4.78, 5) is 0. The fraction of sp³-hybridized carbons (Fsp3) is 0.118. The molecule has 0 aliphatic heterocycles. The number of rotatable bonds is 5. The van der Waals surface area contributed by atoms with Crippen molar-refractivity contribution in [2.45, 2.75) is 13.1 Å². The number of para-hydroxylation sites is 1. The van der Waals surface area contributed by atoms with Crippen molar-refractivity contribution >= 4 is 11.6 Å². The van der Waals surface area contributed by atoms with Crippen molar-refractivity contribution in [1.29, 1.82) is 0 Å². The molecule has 3 nitrogen and oxygen atoms in total. The summed E-state index contributed by atoms with van der Waals surface area (Å²) in [5.74, 6) is 0. The van der Waals surface area contributed by atoms with Gasteiger partial charge in [0.1, 0.15) is 0 Å². The first-order valence-electron chi connectivity index (χ1n) is 6.85. The summed E-state index contributed by atoms with van der Waals surface area (Å²) < 4.78 is 1.89. The Kier molecular flexibility index (Phi) is 4.34. The second-order valence-corrected chi connectivity index (χ2v) is 5.30. The maximum Gasteiger partial charge on any atom is 0.0645 e. The molecule has 0 aliphatic carbocycles. The summed E-state index contributed by atoms with van der Waals surface area (Å²) in [6, 6.07) is 18.0. The number of halogens is 1. The lowest BCUT2D eigenvalue weighted by atomic mass is 10.2. The minimum atomic E-state index is 0.767. The average Bonchev–Trinajstić information content (AvgIpc) is 2.99. The van der Waals surface area contributed by atoms with Crippen LogP contribution in [0.5, 0.6) is 0 Å². The molecule has 0 spiro atoms. The Bertz CT molecular complexity index is 690. The maximum atomic E-state index is 5.87. The first kappa shape index (κ1) is 13.9. The summed E-state index contributed by atoms with van der Waals surface area (Å²) in [5.41, 5.74) is 3.45. The van der Waals surface area contributed by atoms with Crippen molar-refractivity contribution in [3.63, 3.8) is 0 Å². The zero-order valence-electron chi connectivity index (χ0n) is 11.5. The van der Waals surface area contributed by atoms with E-state index in [1.807, 2.05) is 71.7 Å². The molecule has 0 radical (unpaired) electrons. The number of nitrogens with zero attached hydrogens (tertiary/aromatic N) is 2. The molecule has 3 aromatic rings. The van der Waals surface area contributed by atoms with Crippen LogP contribution in [0.2, 0.25) is 5.02 Å². The molecule has 0 unspecified atom stereocenters. The SMILES string of the molecule is Clc1ccc(CNCc2cnn(-c3ccccc3)c2)cc1. The fourth-order valence-corrected chi connectivity index (χ4v) is 2.25. The van der Waals surface area contributed by atoms with Gasteiger partial charge in [0.05, 0.1) is 11.9 Å². The van der Waals surface area contributed by atoms with Gasteiger partial charge in [-0.25, -0.2) is 4.68 Å². The lowest BCUT2D eigenvalue weighted by Crippen LogP contribution is -2.12. The van der Waals surface area contributed by atoms with Gasteiger partial charge < -0.3 is 5.32 Å². The Morgan fingerprint density at radius 3 is 2.38 bits per heavy atom. The predicted octanol–water partition coefficient (Wildman–Crippen LogP) is 3.82. The normalized spacial score (nSPS) is 10.7. The molecule has 0 saturated heterocycles. The van der Waals surface area contributed by atoms with Gasteiger partial charge >= 0.3 is 0 Å². The summed E-state index contributed by atoms with van der Waals surface area (Å²) in [6.45, 7) is 1.60. The van der Waals surface area contributed by atoms with Gasteiger partial charge in [-0.1, -0.05) is 41.9 Å². The van der Waals surface area contributed by atoms with Crippen LogP contribution in [0, 0.1) is 0 Å². The molecule has 0 bridgehead atoms. The van der Waals surface area contributed by atoms with Gasteiger partial charge in [-0.15, -0.1) is 0 Å². The number of benzene rings is 2. The zero-order chi connectivity index (χ0) is 14.5. The first-order chi connectivity index (χ1) is 10.3. The van der Waals surface area contributed by atoms with Crippen molar-refractivity contribution in [2.24, 2.45) is 0 Å². The van der Waals surface area contributed by atoms with E-state index < -0.39 is 0 Å². The van der Waals surface area contributed by atoms with Crippen LogP contribution in [0.3, 0.4) is 0 Å². The van der Waals surface area contributed by atoms with Crippen LogP contribution in [-0.2, 0) is 13.1 Å². The highest BCUT2D eigenvalue weighted by molar-refractivity contribution is 6.30. The van der Waals surface area contributed by atoms with Crippen molar-refractivity contribution in [3.05, 3.63) is 83.1 Å². The van der Waals surface area contributed by atoms with Crippen LogP contribution in [0.25, 0.3) is 5.69 Å². The standard InChI is InChI=1S/C17H16ClN3/c18-16-8-6-14(7-9-16)10-19-11-15-12-20-21(13-15)17-4-2-1-3-5-17/h1-9,12-13,19H,10-11H2. The van der Waals surface area contributed by atoms with Gasteiger partial charge in [0.15, 0.2) is 0 Å². The van der Waals surface area contributed by atoms with Gasteiger partial charge in [-0.05, 0) is 29.8 Å². The highest BCUT2D eigenvalue weighted by Crippen LogP contribution is 2.10. The van der Waals surface area contributed by atoms with Crippen LogP contribution >= 0.6 is 11.6 Å². The van der Waals surface area contributed by atoms with Gasteiger partial charge in [-0.3, -0.25) is 0 Å². The number of hydrogen-bond donors (Lipinski definition) is 1. The number of nitrogens with one attached hydrogen (secondary N) is 1. The molecule has 21 heavy (non-hydrogen) atoms. The van der Waals surface area contributed by atoms with Crippen LogP contribution in [0.4, 0.5) is 0 Å². The average molecular weight is 298 g/mol. The van der Waals surface area contributed by atoms with Crippen LogP contribution in [-0.4, -0.2) is 9.78 Å². The molecule has 1 N–H and O–H groups in total. The zero-order valence-corrected chi connectivity index (χ0v) is 12.3. The third-order valence-corrected chi connectivity index (χ3v) is 3.48. The Morgan fingerprint density at radius 1 is 0.905 bits per heavy atom. The molecule has 3 rings (SSSR count). The first-order valence-corrected chi connectivity index (χ1v) is 7.23. The Labute approximate surface area is 129 Å². The minimum Gasteiger partial charge on any atom is -0.309 e. The molecule has 1 aromatic heterocycles. The molecule has 0 aliphatic rings. The molecule has 4 heteroatoms. The molecule has 0 fully saturated rings. The van der Waals surface area contributed by atoms with Crippen molar-refractivity contribution in [3.8, 4) is 5.69 Å². The van der Waals surface area contributed by atoms with Gasteiger partial charge in [-0.2, -0.15) is 5.10 Å². The summed E-state index contributed by atoms with van der Waals surface area (Å²) in [6.07, 6.45) is 3.94. The van der Waals surface area contributed by atoms with E-state index in [1.54, 1.807) is 0 Å². The lowest BCUT2D eigenvalue weighted by molar-refractivity contribution is 0.693. The molecule has 106 valence electrons. The molecular formula is C17H16ClN3. The molecule has 1 heterocycles. The van der Waals surface area contributed by atoms with E-state index in [-0.39, 0.29) is 0 Å². The summed E-state index contributed by atoms with van der Waals surface area (Å²) >= 11 is 5.87. The second-order valence-electron chi connectivity index (χ2n) is 4.86. The molecule has 2 aromatic carbocycles. The molecule has 0 atom stereocenters. The van der Waals surface area contributed by atoms with E-state index in [4.69, 9.17) is 11.6 Å². The van der Waals surface area contributed by atoms with Crippen molar-refractivity contribution in [2.75, 3.05) is 0 Å². The van der Waals surface area contributed by atoms with Crippen molar-refractivity contribution in [1.82, 2.24) is 15.1 Å². The van der Waals surface area contributed by atoms with E-state index in [0.29, 0.717) is 0 Å². The topological polar surface area (TPSA) is 29.9 Å². The minimum absolute atomic E-state index is 0.767. The third-order valence-electron chi connectivity index (χ3n) is 3.23. The van der Waals surface area contributed by atoms with Gasteiger partial charge in [0.25, 0.3) is 0 Å². The second kappa shape index (κ2) is 6.57. The lowest BCUT2D eigenvalue weighted by Gasteiger charge is -2.03. The Hall–Kier alpha value is -2.10. The van der Waals surface area contributed by atoms with E-state index in [2.05, 4.69) is 10.4 Å². The smallest absolute Gasteiger partial charge is 0.0645 e. The van der Waals surface area contributed by atoms with E-state index in [1.165, 1.54) is 5.56 Å². The van der Waals surface area contributed by atoms with Gasteiger partial charge in [0.2, 0.25) is 0 Å². The van der Waals surface area contributed by atoms with Crippen LogP contribution < -0.4 is 5.32 Å². The Morgan fingerprint density at radius 2 is 1.62 bits per heavy atom. The molecule has 0 amide bonds. The third kappa shape index (κ3) is 3.72. The van der Waals surface area contributed by atoms with E-state index in [9.17, 15) is 0 Å². The van der Waals surface area contributed by atoms with E-state index >= 15 is 0 Å². The molecule has 0 saturated carbocycles. The fourth-order valence-electron chi connectivity index (χ4n) is 2.13. The maximum absolute atomic E-state index is 5.87. The van der Waals surface area contributed by atoms with Gasteiger partial charge in [0, 0.05) is 29.9 Å². The van der Waals surface area contributed by atoms with Crippen molar-refractivity contribution < 1.29 is 0 Å². The summed E-state index contributed by atoms with van der Waals surface area (Å²) in [7, 11) is 0. The molecular weight excluding hydrogens is 282 g/mol. The summed E-state index contributed by atoms with van der Waals surface area (Å²) in [5, 5.41) is 8.56. The highest BCUT2D eigenvalue weighted by Gasteiger charge is 2.00. The number of hydrogen-bond acceptors (Lipinski definition) is 2. The van der Waals surface area contributed by atoms with Crippen LogP contribution in [0.15, 0.2) is 67.0 Å². The Balaban J connectivity index is 1.57. The number of aromatic nitrogens is 2. The monoisotopic (exact) mass is 297 g/mol. The van der Waals surface area contributed by atoms with Crippen LogP contribution in [0.1, 0.15) is 11.1 Å². The van der Waals surface area contributed by atoms with E-state index in [0.717, 1.165) is 29.4 Å². The highest BCUT2D eigenvalue weighted by atomic mass is 35.5. The largest absolute Gasteiger partial charge is 0.309 e.